The van der Waals surface area contributed by atoms with E-state index in [-0.39, 0.29) is 0 Å². The smallest absolute Gasteiger partial charge is 0.210 e. The van der Waals surface area contributed by atoms with E-state index >= 15 is 0 Å². The van der Waals surface area contributed by atoms with Gasteiger partial charge in [0.15, 0.2) is 0 Å². The molecule has 0 spiro atoms. The van der Waals surface area contributed by atoms with E-state index in [2.05, 4.69) is 32.1 Å². The van der Waals surface area contributed by atoms with Gasteiger partial charge in [-0.05, 0) is 18.3 Å². The summed E-state index contributed by atoms with van der Waals surface area (Å²) in [6.45, 7) is 12.2. The third kappa shape index (κ3) is 4.78. The number of hydrogen-bond acceptors (Lipinski definition) is 0. The van der Waals surface area contributed by atoms with Crippen LogP contribution in [0.15, 0.2) is 0 Å². The number of nitrogens with zero attached hydrogens (tertiary/aromatic N) is 1. The summed E-state index contributed by atoms with van der Waals surface area (Å²) in [6, 6.07) is 0.822. The summed E-state index contributed by atoms with van der Waals surface area (Å²) >= 11 is 0. The average Bonchev–Trinajstić information content (AvgIpc) is 2.78. The second kappa shape index (κ2) is 5.53. The summed E-state index contributed by atoms with van der Waals surface area (Å²) in [5, 5.41) is 0. The number of rotatable bonds is 7. The molecule has 2 atom stereocenters. The van der Waals surface area contributed by atoms with Crippen molar-refractivity contribution in [3.8, 4) is 0 Å². The SMILES string of the molecule is C=[N+]1CC1CCC(C)CCCC(C)C. The van der Waals surface area contributed by atoms with Crippen molar-refractivity contribution >= 4 is 6.72 Å². The summed E-state index contributed by atoms with van der Waals surface area (Å²) < 4.78 is 2.20. The van der Waals surface area contributed by atoms with E-state index in [0.717, 1.165) is 17.9 Å². The minimum atomic E-state index is 0.822. The van der Waals surface area contributed by atoms with Crippen molar-refractivity contribution < 1.29 is 4.58 Å². The van der Waals surface area contributed by atoms with Gasteiger partial charge in [0, 0.05) is 6.42 Å². The highest BCUT2D eigenvalue weighted by molar-refractivity contribution is 5.16. The highest BCUT2D eigenvalue weighted by atomic mass is 15.2. The molecule has 0 N–H and O–H groups in total. The van der Waals surface area contributed by atoms with Gasteiger partial charge in [0.25, 0.3) is 0 Å². The van der Waals surface area contributed by atoms with Crippen LogP contribution in [-0.4, -0.2) is 23.9 Å². The highest BCUT2D eigenvalue weighted by Crippen LogP contribution is 2.21. The molecule has 1 rings (SSSR count). The lowest BCUT2D eigenvalue weighted by molar-refractivity contribution is -0.351. The molecule has 1 aliphatic rings. The first-order valence-corrected chi connectivity index (χ1v) is 6.16. The first kappa shape index (κ1) is 11.7. The molecule has 1 heteroatoms. The molecule has 1 nitrogen and oxygen atoms in total. The monoisotopic (exact) mass is 196 g/mol. The van der Waals surface area contributed by atoms with Crippen LogP contribution in [0.5, 0.6) is 0 Å². The summed E-state index contributed by atoms with van der Waals surface area (Å²) in [4.78, 5) is 0. The molecular weight excluding hydrogens is 170 g/mol. The topological polar surface area (TPSA) is 3.01 Å². The Balaban J connectivity index is 1.93. The molecule has 82 valence electrons. The van der Waals surface area contributed by atoms with Crippen molar-refractivity contribution in [1.29, 1.82) is 0 Å². The summed E-state index contributed by atoms with van der Waals surface area (Å²) in [5.74, 6) is 1.80. The van der Waals surface area contributed by atoms with Crippen LogP contribution in [0.1, 0.15) is 52.9 Å². The highest BCUT2D eigenvalue weighted by Gasteiger charge is 2.37. The standard InChI is InChI=1S/C13H26N/c1-11(2)6-5-7-12(3)8-9-13-10-14(13)4/h11-13H,4-10H2,1-3H3/q+1. The van der Waals surface area contributed by atoms with Crippen LogP contribution in [0.25, 0.3) is 0 Å². The van der Waals surface area contributed by atoms with Crippen molar-refractivity contribution in [3.05, 3.63) is 0 Å². The molecule has 1 heterocycles. The predicted octanol–water partition coefficient (Wildman–Crippen LogP) is 3.32. The van der Waals surface area contributed by atoms with Crippen molar-refractivity contribution in [2.45, 2.75) is 58.9 Å². The summed E-state index contributed by atoms with van der Waals surface area (Å²) in [5.41, 5.74) is 0. The first-order valence-electron chi connectivity index (χ1n) is 6.16. The molecule has 1 aliphatic heterocycles. The van der Waals surface area contributed by atoms with Gasteiger partial charge < -0.3 is 0 Å². The van der Waals surface area contributed by atoms with E-state index in [0.29, 0.717) is 0 Å². The van der Waals surface area contributed by atoms with Crippen molar-refractivity contribution in [3.63, 3.8) is 0 Å². The molecule has 0 bridgehead atoms. The molecule has 0 aromatic heterocycles. The zero-order valence-electron chi connectivity index (χ0n) is 10.1. The maximum Gasteiger partial charge on any atom is 0.210 e. The van der Waals surface area contributed by atoms with Gasteiger partial charge in [-0.3, -0.25) is 0 Å². The normalized spacial score (nSPS) is 22.9. The third-order valence-corrected chi connectivity index (χ3v) is 3.30. The minimum Gasteiger partial charge on any atom is -0.226 e. The Morgan fingerprint density at radius 3 is 2.36 bits per heavy atom. The van der Waals surface area contributed by atoms with Gasteiger partial charge in [-0.2, -0.15) is 0 Å². The maximum atomic E-state index is 3.93. The van der Waals surface area contributed by atoms with E-state index in [1.807, 2.05) is 0 Å². The Morgan fingerprint density at radius 2 is 1.86 bits per heavy atom. The van der Waals surface area contributed by atoms with E-state index in [1.165, 1.54) is 38.6 Å². The van der Waals surface area contributed by atoms with Crippen LogP contribution in [-0.2, 0) is 0 Å². The Bertz CT molecular complexity index is 184. The molecule has 14 heavy (non-hydrogen) atoms. The van der Waals surface area contributed by atoms with Gasteiger partial charge in [-0.15, -0.1) is 0 Å². The van der Waals surface area contributed by atoms with Gasteiger partial charge in [-0.1, -0.05) is 40.0 Å². The van der Waals surface area contributed by atoms with Crippen LogP contribution in [0.2, 0.25) is 0 Å². The Morgan fingerprint density at radius 1 is 1.21 bits per heavy atom. The molecule has 0 aromatic carbocycles. The average molecular weight is 196 g/mol. The second-order valence-corrected chi connectivity index (χ2v) is 5.43. The lowest BCUT2D eigenvalue weighted by Crippen LogP contribution is -1.99. The molecule has 0 aromatic rings. The van der Waals surface area contributed by atoms with Gasteiger partial charge >= 0.3 is 0 Å². The second-order valence-electron chi connectivity index (χ2n) is 5.43. The van der Waals surface area contributed by atoms with Gasteiger partial charge in [-0.25, -0.2) is 4.58 Å². The largest absolute Gasteiger partial charge is 0.226 e. The van der Waals surface area contributed by atoms with Crippen molar-refractivity contribution in [1.82, 2.24) is 0 Å². The van der Waals surface area contributed by atoms with Crippen LogP contribution >= 0.6 is 0 Å². The maximum absolute atomic E-state index is 3.93. The van der Waals surface area contributed by atoms with E-state index in [9.17, 15) is 0 Å². The fourth-order valence-electron chi connectivity index (χ4n) is 1.99. The predicted molar refractivity (Wildman–Crippen MR) is 63.1 cm³/mol. The third-order valence-electron chi connectivity index (χ3n) is 3.30. The molecule has 0 amide bonds. The fraction of sp³-hybridized carbons (Fsp3) is 0.923. The van der Waals surface area contributed by atoms with Crippen LogP contribution in [0.3, 0.4) is 0 Å². The fourth-order valence-corrected chi connectivity index (χ4v) is 1.99. The van der Waals surface area contributed by atoms with Crippen LogP contribution in [0.4, 0.5) is 0 Å². The molecular formula is C13H26N+. The van der Waals surface area contributed by atoms with Crippen LogP contribution < -0.4 is 0 Å². The molecule has 0 saturated carbocycles. The van der Waals surface area contributed by atoms with Crippen molar-refractivity contribution in [2.75, 3.05) is 6.54 Å². The Kier molecular flexibility index (Phi) is 4.64. The summed E-state index contributed by atoms with van der Waals surface area (Å²) in [7, 11) is 0. The van der Waals surface area contributed by atoms with Gasteiger partial charge in [0.05, 0.1) is 0 Å². The quantitative estimate of drug-likeness (QED) is 0.434. The van der Waals surface area contributed by atoms with Gasteiger partial charge in [0.2, 0.25) is 12.6 Å². The molecule has 2 unspecified atom stereocenters. The Hall–Kier alpha value is -0.330. The summed E-state index contributed by atoms with van der Waals surface area (Å²) in [6.07, 6.45) is 7.00. The first-order chi connectivity index (χ1) is 6.59. The van der Waals surface area contributed by atoms with E-state index in [4.69, 9.17) is 0 Å². The Labute approximate surface area is 89.2 Å². The minimum absolute atomic E-state index is 0.822. The van der Waals surface area contributed by atoms with E-state index < -0.39 is 0 Å². The zero-order chi connectivity index (χ0) is 10.6. The number of hydrogen-bond donors (Lipinski definition) is 0. The van der Waals surface area contributed by atoms with Crippen molar-refractivity contribution in [2.24, 2.45) is 11.8 Å². The van der Waals surface area contributed by atoms with E-state index in [1.54, 1.807) is 0 Å². The molecule has 1 saturated heterocycles. The zero-order valence-corrected chi connectivity index (χ0v) is 10.1. The lowest BCUT2D eigenvalue weighted by Gasteiger charge is -2.10. The van der Waals surface area contributed by atoms with Gasteiger partial charge in [0.1, 0.15) is 6.72 Å². The lowest BCUT2D eigenvalue weighted by atomic mass is 9.95. The molecule has 0 radical (unpaired) electrons. The molecule has 0 aliphatic carbocycles. The van der Waals surface area contributed by atoms with Crippen LogP contribution in [0, 0.1) is 11.8 Å². The molecule has 1 fully saturated rings.